The summed E-state index contributed by atoms with van der Waals surface area (Å²) in [5.74, 6) is -0.362. The first-order valence-electron chi connectivity index (χ1n) is 3.32. The molecule has 0 unspecified atom stereocenters. The van der Waals surface area contributed by atoms with Crippen molar-refractivity contribution in [2.75, 3.05) is 12.8 Å². The number of ether oxygens (including phenoxy) is 1. The van der Waals surface area contributed by atoms with Crippen molar-refractivity contribution in [3.8, 4) is 5.88 Å². The number of halogens is 3. The van der Waals surface area contributed by atoms with Gasteiger partial charge in [0.25, 0.3) is 0 Å². The number of nitrogens with two attached hydrogens (primary N) is 1. The number of anilines is 1. The van der Waals surface area contributed by atoms with Gasteiger partial charge in [0.15, 0.2) is 0 Å². The van der Waals surface area contributed by atoms with Crippen LogP contribution in [0, 0.1) is 0 Å². The molecule has 0 spiro atoms. The fourth-order valence-electron chi connectivity index (χ4n) is 0.794. The lowest BCUT2D eigenvalue weighted by molar-refractivity contribution is -0.137. The molecule has 0 aliphatic heterocycles. The van der Waals surface area contributed by atoms with Crippen molar-refractivity contribution in [3.05, 3.63) is 17.7 Å². The molecule has 0 aliphatic rings. The quantitative estimate of drug-likeness (QED) is 0.736. The van der Waals surface area contributed by atoms with Crippen LogP contribution in [-0.4, -0.2) is 12.1 Å². The molecule has 0 saturated carbocycles. The van der Waals surface area contributed by atoms with E-state index in [9.17, 15) is 13.2 Å². The fourth-order valence-corrected chi connectivity index (χ4v) is 0.794. The molecule has 0 fully saturated rings. The molecule has 1 rings (SSSR count). The van der Waals surface area contributed by atoms with Gasteiger partial charge in [0, 0.05) is 6.07 Å². The number of aromatic nitrogens is 1. The summed E-state index contributed by atoms with van der Waals surface area (Å²) in [6.07, 6.45) is -4.43. The highest BCUT2D eigenvalue weighted by Crippen LogP contribution is 2.31. The van der Waals surface area contributed by atoms with Gasteiger partial charge in [-0.1, -0.05) is 0 Å². The first-order chi connectivity index (χ1) is 5.93. The number of pyridine rings is 1. The van der Waals surface area contributed by atoms with Crippen molar-refractivity contribution >= 4 is 5.82 Å². The van der Waals surface area contributed by atoms with E-state index < -0.39 is 11.7 Å². The standard InChI is InChI=1S/C7H7F3N2O/c1-13-6-3-4(7(8,9)10)2-5(11)12-6/h2-3H,1H3,(H2,11,12). The SMILES string of the molecule is COc1cc(C(F)(F)F)cc(N)n1. The summed E-state index contributed by atoms with van der Waals surface area (Å²) in [6, 6.07) is 1.54. The van der Waals surface area contributed by atoms with E-state index in [4.69, 9.17) is 5.73 Å². The Bertz CT molecular complexity index is 311. The van der Waals surface area contributed by atoms with Crippen molar-refractivity contribution in [3.63, 3.8) is 0 Å². The molecule has 0 bridgehead atoms. The van der Waals surface area contributed by atoms with Crippen LogP contribution in [0.3, 0.4) is 0 Å². The summed E-state index contributed by atoms with van der Waals surface area (Å²) in [6.45, 7) is 0. The number of nitrogen functional groups attached to an aromatic ring is 1. The minimum atomic E-state index is -4.43. The van der Waals surface area contributed by atoms with Crippen molar-refractivity contribution in [2.24, 2.45) is 0 Å². The molecule has 2 N–H and O–H groups in total. The number of alkyl halides is 3. The Balaban J connectivity index is 3.16. The van der Waals surface area contributed by atoms with Gasteiger partial charge in [-0.05, 0) is 6.07 Å². The van der Waals surface area contributed by atoms with Crippen LogP contribution in [0.25, 0.3) is 0 Å². The van der Waals surface area contributed by atoms with E-state index in [1.165, 1.54) is 7.11 Å². The molecular weight excluding hydrogens is 185 g/mol. The van der Waals surface area contributed by atoms with E-state index in [0.29, 0.717) is 0 Å². The maximum atomic E-state index is 12.1. The topological polar surface area (TPSA) is 48.1 Å². The minimum Gasteiger partial charge on any atom is -0.481 e. The molecule has 1 heterocycles. The van der Waals surface area contributed by atoms with Gasteiger partial charge in [-0.2, -0.15) is 18.2 Å². The third-order valence-corrected chi connectivity index (χ3v) is 1.36. The summed E-state index contributed by atoms with van der Waals surface area (Å²) >= 11 is 0. The smallest absolute Gasteiger partial charge is 0.416 e. The normalized spacial score (nSPS) is 11.4. The predicted octanol–water partition coefficient (Wildman–Crippen LogP) is 1.69. The van der Waals surface area contributed by atoms with Gasteiger partial charge in [0.05, 0.1) is 12.7 Å². The molecule has 72 valence electrons. The van der Waals surface area contributed by atoms with Crippen LogP contribution in [0.4, 0.5) is 19.0 Å². The third-order valence-electron chi connectivity index (χ3n) is 1.36. The molecule has 3 nitrogen and oxygen atoms in total. The lowest BCUT2D eigenvalue weighted by atomic mass is 10.2. The van der Waals surface area contributed by atoms with Gasteiger partial charge in [0.2, 0.25) is 5.88 Å². The highest BCUT2D eigenvalue weighted by atomic mass is 19.4. The Labute approximate surface area is 72.3 Å². The van der Waals surface area contributed by atoms with Crippen molar-refractivity contribution in [1.82, 2.24) is 4.98 Å². The number of hydrogen-bond donors (Lipinski definition) is 1. The van der Waals surface area contributed by atoms with Gasteiger partial charge in [-0.15, -0.1) is 0 Å². The summed E-state index contributed by atoms with van der Waals surface area (Å²) in [5, 5.41) is 0. The second kappa shape index (κ2) is 3.12. The molecule has 0 radical (unpaired) electrons. The number of hydrogen-bond acceptors (Lipinski definition) is 3. The van der Waals surface area contributed by atoms with E-state index in [0.717, 1.165) is 12.1 Å². The van der Waals surface area contributed by atoms with Gasteiger partial charge < -0.3 is 10.5 Å². The molecule has 0 amide bonds. The van der Waals surface area contributed by atoms with Gasteiger partial charge in [-0.25, -0.2) is 0 Å². The summed E-state index contributed by atoms with van der Waals surface area (Å²) in [5.41, 5.74) is 4.28. The van der Waals surface area contributed by atoms with E-state index in [-0.39, 0.29) is 11.7 Å². The molecule has 1 aromatic rings. The van der Waals surface area contributed by atoms with E-state index >= 15 is 0 Å². The van der Waals surface area contributed by atoms with Gasteiger partial charge >= 0.3 is 6.18 Å². The molecule has 13 heavy (non-hydrogen) atoms. The molecule has 6 heteroatoms. The zero-order valence-corrected chi connectivity index (χ0v) is 6.72. The highest BCUT2D eigenvalue weighted by Gasteiger charge is 2.31. The number of nitrogens with zero attached hydrogens (tertiary/aromatic N) is 1. The fraction of sp³-hybridized carbons (Fsp3) is 0.286. The summed E-state index contributed by atoms with van der Waals surface area (Å²) < 4.78 is 41.0. The number of methoxy groups -OCH3 is 1. The Morgan fingerprint density at radius 1 is 1.38 bits per heavy atom. The molecular formula is C7H7F3N2O. The van der Waals surface area contributed by atoms with Crippen LogP contribution in [-0.2, 0) is 6.18 Å². The Hall–Kier alpha value is -1.46. The Kier molecular flexibility index (Phi) is 2.31. The number of rotatable bonds is 1. The first kappa shape index (κ1) is 9.63. The van der Waals surface area contributed by atoms with Gasteiger partial charge in [0.1, 0.15) is 5.82 Å². The minimum absolute atomic E-state index is 0.146. The van der Waals surface area contributed by atoms with Crippen LogP contribution in [0.5, 0.6) is 5.88 Å². The average Bonchev–Trinajstić information content (AvgIpc) is 2.01. The second-order valence-electron chi connectivity index (χ2n) is 2.32. The van der Waals surface area contributed by atoms with Crippen LogP contribution < -0.4 is 10.5 Å². The lowest BCUT2D eigenvalue weighted by Crippen LogP contribution is -2.07. The van der Waals surface area contributed by atoms with E-state index in [1.807, 2.05) is 0 Å². The van der Waals surface area contributed by atoms with Crippen LogP contribution >= 0.6 is 0 Å². The second-order valence-corrected chi connectivity index (χ2v) is 2.32. The zero-order chi connectivity index (χ0) is 10.1. The lowest BCUT2D eigenvalue weighted by Gasteiger charge is -2.08. The Morgan fingerprint density at radius 2 is 2.00 bits per heavy atom. The third kappa shape index (κ3) is 2.24. The van der Waals surface area contributed by atoms with Crippen LogP contribution in [0.2, 0.25) is 0 Å². The zero-order valence-electron chi connectivity index (χ0n) is 6.72. The Morgan fingerprint density at radius 3 is 2.46 bits per heavy atom. The van der Waals surface area contributed by atoms with Gasteiger partial charge in [-0.3, -0.25) is 0 Å². The predicted molar refractivity (Wildman–Crippen MR) is 40.2 cm³/mol. The van der Waals surface area contributed by atoms with Crippen molar-refractivity contribution < 1.29 is 17.9 Å². The maximum absolute atomic E-state index is 12.1. The maximum Gasteiger partial charge on any atom is 0.416 e. The molecule has 0 aliphatic carbocycles. The first-order valence-corrected chi connectivity index (χ1v) is 3.32. The van der Waals surface area contributed by atoms with Crippen LogP contribution in [0.1, 0.15) is 5.56 Å². The molecule has 1 aromatic heterocycles. The average molecular weight is 192 g/mol. The van der Waals surface area contributed by atoms with E-state index in [1.54, 1.807) is 0 Å². The highest BCUT2D eigenvalue weighted by molar-refractivity contribution is 5.38. The monoisotopic (exact) mass is 192 g/mol. The van der Waals surface area contributed by atoms with E-state index in [2.05, 4.69) is 9.72 Å². The molecule has 0 saturated heterocycles. The van der Waals surface area contributed by atoms with Crippen molar-refractivity contribution in [2.45, 2.75) is 6.18 Å². The molecule has 0 aromatic carbocycles. The van der Waals surface area contributed by atoms with Crippen LogP contribution in [0.15, 0.2) is 12.1 Å². The largest absolute Gasteiger partial charge is 0.481 e. The summed E-state index contributed by atoms with van der Waals surface area (Å²) in [4.78, 5) is 3.52. The molecule has 0 atom stereocenters. The summed E-state index contributed by atoms with van der Waals surface area (Å²) in [7, 11) is 1.22. The van der Waals surface area contributed by atoms with Crippen molar-refractivity contribution in [1.29, 1.82) is 0 Å².